The molecule has 19 heavy (non-hydrogen) atoms. The number of likely N-dealkylation sites (N-methyl/N-ethyl adjacent to an activating group) is 1. The van der Waals surface area contributed by atoms with E-state index in [4.69, 9.17) is 4.74 Å². The van der Waals surface area contributed by atoms with Crippen molar-refractivity contribution in [3.05, 3.63) is 35.9 Å². The zero-order valence-corrected chi connectivity index (χ0v) is 12.2. The molecule has 2 rings (SSSR count). The molecule has 0 unspecified atom stereocenters. The Morgan fingerprint density at radius 3 is 2.63 bits per heavy atom. The Hall–Kier alpha value is -1.61. The number of aromatic nitrogens is 1. The third-order valence-electron chi connectivity index (χ3n) is 3.12. The highest BCUT2D eigenvalue weighted by atomic mass is 16.5. The van der Waals surface area contributed by atoms with E-state index in [1.54, 1.807) is 0 Å². The topological polar surface area (TPSA) is 25.4 Å². The number of rotatable bonds is 5. The summed E-state index contributed by atoms with van der Waals surface area (Å²) in [5.74, 6) is 1.18. The molecule has 3 heteroatoms. The van der Waals surface area contributed by atoms with Crippen molar-refractivity contribution < 1.29 is 4.74 Å². The lowest BCUT2D eigenvalue weighted by Gasteiger charge is -2.15. The molecule has 0 radical (unpaired) electrons. The predicted molar refractivity (Wildman–Crippen MR) is 79.9 cm³/mol. The number of hydrogen-bond acceptors (Lipinski definition) is 3. The minimum atomic E-state index is 0.409. The van der Waals surface area contributed by atoms with Gasteiger partial charge in [-0.05, 0) is 32.1 Å². The van der Waals surface area contributed by atoms with Crippen LogP contribution in [0.2, 0.25) is 0 Å². The van der Waals surface area contributed by atoms with Gasteiger partial charge in [-0.2, -0.15) is 0 Å². The molecule has 3 nitrogen and oxygen atoms in total. The Balaban J connectivity index is 2.31. The summed E-state index contributed by atoms with van der Waals surface area (Å²) >= 11 is 0. The van der Waals surface area contributed by atoms with Gasteiger partial charge in [-0.15, -0.1) is 0 Å². The molecule has 2 aromatic rings. The minimum absolute atomic E-state index is 0.409. The molecule has 1 aromatic carbocycles. The number of fused-ring (bicyclic) bond motifs is 1. The average molecular weight is 258 g/mol. The standard InChI is InChI=1S/C16H22N2O/c1-12(2)14-11-13-7-5-6-8-15(13)17-16(14)19-10-9-18(3)4/h5-8,11-12H,9-10H2,1-4H3. The van der Waals surface area contributed by atoms with Gasteiger partial charge < -0.3 is 9.64 Å². The summed E-state index contributed by atoms with van der Waals surface area (Å²) in [6.45, 7) is 5.90. The summed E-state index contributed by atoms with van der Waals surface area (Å²) in [5, 5.41) is 1.17. The fraction of sp³-hybridized carbons (Fsp3) is 0.438. The molecule has 0 aliphatic rings. The summed E-state index contributed by atoms with van der Waals surface area (Å²) < 4.78 is 5.86. The highest BCUT2D eigenvalue weighted by Crippen LogP contribution is 2.28. The Kier molecular flexibility index (Phi) is 4.38. The molecule has 0 spiro atoms. The highest BCUT2D eigenvalue weighted by molar-refractivity contribution is 5.80. The van der Waals surface area contributed by atoms with Crippen LogP contribution in [0.4, 0.5) is 0 Å². The lowest BCUT2D eigenvalue weighted by atomic mass is 10.0. The van der Waals surface area contributed by atoms with Gasteiger partial charge in [0.1, 0.15) is 6.61 Å². The van der Waals surface area contributed by atoms with Gasteiger partial charge in [0.2, 0.25) is 5.88 Å². The second-order valence-corrected chi connectivity index (χ2v) is 5.38. The van der Waals surface area contributed by atoms with Gasteiger partial charge in [-0.3, -0.25) is 0 Å². The number of ether oxygens (including phenoxy) is 1. The molecule has 0 saturated heterocycles. The van der Waals surface area contributed by atoms with Crippen LogP contribution in [-0.4, -0.2) is 37.1 Å². The Bertz CT molecular complexity index is 549. The van der Waals surface area contributed by atoms with E-state index in [2.05, 4.69) is 35.9 Å². The first-order valence-corrected chi connectivity index (χ1v) is 6.75. The normalized spacial score (nSPS) is 11.5. The summed E-state index contributed by atoms with van der Waals surface area (Å²) in [6.07, 6.45) is 0. The van der Waals surface area contributed by atoms with Crippen molar-refractivity contribution in [3.63, 3.8) is 0 Å². The Labute approximate surface area is 115 Å². The van der Waals surface area contributed by atoms with Crippen LogP contribution in [0, 0.1) is 0 Å². The van der Waals surface area contributed by atoms with Crippen LogP contribution in [0.1, 0.15) is 25.3 Å². The maximum absolute atomic E-state index is 5.86. The van der Waals surface area contributed by atoms with Crippen molar-refractivity contribution in [1.82, 2.24) is 9.88 Å². The van der Waals surface area contributed by atoms with Crippen molar-refractivity contribution in [2.75, 3.05) is 27.2 Å². The lowest BCUT2D eigenvalue weighted by Crippen LogP contribution is -2.20. The molecule has 0 amide bonds. The van der Waals surface area contributed by atoms with Crippen LogP contribution in [0.5, 0.6) is 5.88 Å². The molecule has 0 atom stereocenters. The SMILES string of the molecule is CC(C)c1cc2ccccc2nc1OCCN(C)C. The largest absolute Gasteiger partial charge is 0.476 e. The monoisotopic (exact) mass is 258 g/mol. The van der Waals surface area contributed by atoms with Crippen LogP contribution in [0.15, 0.2) is 30.3 Å². The third-order valence-corrected chi connectivity index (χ3v) is 3.12. The van der Waals surface area contributed by atoms with E-state index in [0.717, 1.165) is 17.9 Å². The molecule has 0 aliphatic carbocycles. The van der Waals surface area contributed by atoms with Crippen LogP contribution < -0.4 is 4.74 Å². The summed E-state index contributed by atoms with van der Waals surface area (Å²) in [6, 6.07) is 10.4. The zero-order chi connectivity index (χ0) is 13.8. The summed E-state index contributed by atoms with van der Waals surface area (Å²) in [4.78, 5) is 6.76. The van der Waals surface area contributed by atoms with E-state index >= 15 is 0 Å². The molecule has 1 aromatic heterocycles. The molecule has 102 valence electrons. The number of para-hydroxylation sites is 1. The van der Waals surface area contributed by atoms with E-state index in [1.165, 1.54) is 10.9 Å². The quantitative estimate of drug-likeness (QED) is 0.823. The van der Waals surface area contributed by atoms with E-state index < -0.39 is 0 Å². The zero-order valence-electron chi connectivity index (χ0n) is 12.2. The van der Waals surface area contributed by atoms with Crippen molar-refractivity contribution in [3.8, 4) is 5.88 Å². The summed E-state index contributed by atoms with van der Waals surface area (Å²) in [7, 11) is 4.08. The lowest BCUT2D eigenvalue weighted by molar-refractivity contribution is 0.252. The van der Waals surface area contributed by atoms with E-state index in [-0.39, 0.29) is 0 Å². The fourth-order valence-corrected chi connectivity index (χ4v) is 1.97. The van der Waals surface area contributed by atoms with Crippen molar-refractivity contribution in [1.29, 1.82) is 0 Å². The molecule has 1 heterocycles. The minimum Gasteiger partial charge on any atom is -0.476 e. The molecule has 0 fully saturated rings. The highest BCUT2D eigenvalue weighted by Gasteiger charge is 2.11. The van der Waals surface area contributed by atoms with Crippen LogP contribution in [0.25, 0.3) is 10.9 Å². The van der Waals surface area contributed by atoms with Gasteiger partial charge in [0.15, 0.2) is 0 Å². The number of pyridine rings is 1. The third kappa shape index (κ3) is 3.44. The maximum atomic E-state index is 5.86. The first-order chi connectivity index (χ1) is 9.08. The maximum Gasteiger partial charge on any atom is 0.217 e. The summed E-state index contributed by atoms with van der Waals surface area (Å²) in [5.41, 5.74) is 2.17. The predicted octanol–water partition coefficient (Wildman–Crippen LogP) is 3.30. The van der Waals surface area contributed by atoms with Crippen molar-refractivity contribution in [2.45, 2.75) is 19.8 Å². The van der Waals surface area contributed by atoms with E-state index in [1.807, 2.05) is 32.3 Å². The van der Waals surface area contributed by atoms with Gasteiger partial charge in [-0.25, -0.2) is 4.98 Å². The van der Waals surface area contributed by atoms with Crippen LogP contribution in [-0.2, 0) is 0 Å². The number of nitrogens with zero attached hydrogens (tertiary/aromatic N) is 2. The molecular weight excluding hydrogens is 236 g/mol. The fourth-order valence-electron chi connectivity index (χ4n) is 1.97. The van der Waals surface area contributed by atoms with Crippen molar-refractivity contribution in [2.24, 2.45) is 0 Å². The van der Waals surface area contributed by atoms with E-state index in [0.29, 0.717) is 12.5 Å². The molecule has 0 saturated carbocycles. The molecular formula is C16H22N2O. The number of benzene rings is 1. The van der Waals surface area contributed by atoms with Gasteiger partial charge in [0.05, 0.1) is 5.52 Å². The van der Waals surface area contributed by atoms with Crippen LogP contribution in [0.3, 0.4) is 0 Å². The first-order valence-electron chi connectivity index (χ1n) is 6.75. The second-order valence-electron chi connectivity index (χ2n) is 5.38. The van der Waals surface area contributed by atoms with E-state index in [9.17, 15) is 0 Å². The molecule has 0 bridgehead atoms. The first kappa shape index (κ1) is 13.8. The Morgan fingerprint density at radius 2 is 1.95 bits per heavy atom. The van der Waals surface area contributed by atoms with Gasteiger partial charge in [0.25, 0.3) is 0 Å². The van der Waals surface area contributed by atoms with Crippen molar-refractivity contribution >= 4 is 10.9 Å². The average Bonchev–Trinajstić information content (AvgIpc) is 2.37. The smallest absolute Gasteiger partial charge is 0.217 e. The van der Waals surface area contributed by atoms with Gasteiger partial charge >= 0.3 is 0 Å². The Morgan fingerprint density at radius 1 is 1.21 bits per heavy atom. The second kappa shape index (κ2) is 6.02. The van der Waals surface area contributed by atoms with Crippen LogP contribution >= 0.6 is 0 Å². The van der Waals surface area contributed by atoms with Gasteiger partial charge in [-0.1, -0.05) is 32.0 Å². The molecule has 0 N–H and O–H groups in total. The van der Waals surface area contributed by atoms with Gasteiger partial charge in [0, 0.05) is 17.5 Å². The molecule has 0 aliphatic heterocycles. The number of hydrogen-bond donors (Lipinski definition) is 0.